The molecular weight excluding hydrogens is 283 g/mol. The van der Waals surface area contributed by atoms with Crippen LogP contribution in [0.25, 0.3) is 0 Å². The number of likely N-dealkylation sites (tertiary alicyclic amines) is 1. The van der Waals surface area contributed by atoms with Gasteiger partial charge in [0, 0.05) is 13.1 Å². The summed E-state index contributed by atoms with van der Waals surface area (Å²) in [6, 6.07) is 3.21. The Balaban J connectivity index is 2.03. The Morgan fingerprint density at radius 1 is 1.37 bits per heavy atom. The highest BCUT2D eigenvalue weighted by atomic mass is 35.5. The summed E-state index contributed by atoms with van der Waals surface area (Å²) in [5.74, 6) is 0.638. The number of rotatable bonds is 3. The van der Waals surface area contributed by atoms with E-state index in [2.05, 4.69) is 11.9 Å². The number of piperidine rings is 1. The fraction of sp³-hybridized carbons (Fsp3) is 0.571. The molecule has 3 nitrogen and oxygen atoms in total. The van der Waals surface area contributed by atoms with Crippen molar-refractivity contribution in [2.24, 2.45) is 5.92 Å². The molecular formula is C14H18Cl2N2O. The Morgan fingerprint density at radius 3 is 2.68 bits per heavy atom. The maximum Gasteiger partial charge on any atom is 0.274 e. The fourth-order valence-corrected chi connectivity index (χ4v) is 2.88. The van der Waals surface area contributed by atoms with Gasteiger partial charge in [0.2, 0.25) is 0 Å². The van der Waals surface area contributed by atoms with Crippen LogP contribution in [0.4, 0.5) is 0 Å². The van der Waals surface area contributed by atoms with Gasteiger partial charge in [-0.05, 0) is 30.9 Å². The van der Waals surface area contributed by atoms with E-state index in [1.165, 1.54) is 12.8 Å². The van der Waals surface area contributed by atoms with Crippen LogP contribution in [0.3, 0.4) is 0 Å². The minimum Gasteiger partial charge on any atom is -0.337 e. The van der Waals surface area contributed by atoms with Crippen molar-refractivity contribution in [2.45, 2.75) is 32.6 Å². The smallest absolute Gasteiger partial charge is 0.274 e. The third-order valence-electron chi connectivity index (χ3n) is 3.61. The zero-order valence-electron chi connectivity index (χ0n) is 11.0. The predicted molar refractivity (Wildman–Crippen MR) is 77.8 cm³/mol. The van der Waals surface area contributed by atoms with Crippen LogP contribution in [-0.2, 0) is 0 Å². The summed E-state index contributed by atoms with van der Waals surface area (Å²) in [5, 5.41) is 0.665. The Morgan fingerprint density at radius 2 is 2.05 bits per heavy atom. The maximum absolute atomic E-state index is 12.4. The monoisotopic (exact) mass is 300 g/mol. The van der Waals surface area contributed by atoms with E-state index in [9.17, 15) is 4.79 Å². The standard InChI is InChI=1S/C14H18Cl2N2O/c1-2-3-10-6-8-18(9-7-10)14(19)13-11(15)4-5-12(16)17-13/h4-5,10H,2-3,6-9H2,1H3. The molecule has 1 saturated heterocycles. The number of hydrogen-bond donors (Lipinski definition) is 0. The molecule has 1 aliphatic heterocycles. The zero-order chi connectivity index (χ0) is 13.8. The predicted octanol–water partition coefficient (Wildman–Crippen LogP) is 4.04. The first-order valence-electron chi connectivity index (χ1n) is 6.73. The van der Waals surface area contributed by atoms with Gasteiger partial charge in [0.25, 0.3) is 5.91 Å². The van der Waals surface area contributed by atoms with Gasteiger partial charge >= 0.3 is 0 Å². The van der Waals surface area contributed by atoms with Crippen molar-refractivity contribution in [3.8, 4) is 0 Å². The number of carbonyl (C=O) groups is 1. The van der Waals surface area contributed by atoms with E-state index in [1.54, 1.807) is 12.1 Å². The second-order valence-electron chi connectivity index (χ2n) is 4.99. The highest BCUT2D eigenvalue weighted by Crippen LogP contribution is 2.24. The molecule has 1 aliphatic rings. The summed E-state index contributed by atoms with van der Waals surface area (Å²) in [5.41, 5.74) is 0.267. The first kappa shape index (κ1) is 14.6. The zero-order valence-corrected chi connectivity index (χ0v) is 12.5. The number of hydrogen-bond acceptors (Lipinski definition) is 2. The Labute approximate surface area is 123 Å². The van der Waals surface area contributed by atoms with Crippen LogP contribution in [0.2, 0.25) is 10.2 Å². The van der Waals surface area contributed by atoms with E-state index in [0.717, 1.165) is 31.8 Å². The first-order valence-corrected chi connectivity index (χ1v) is 7.48. The quantitative estimate of drug-likeness (QED) is 0.789. The van der Waals surface area contributed by atoms with Crippen molar-refractivity contribution in [2.75, 3.05) is 13.1 Å². The van der Waals surface area contributed by atoms with E-state index < -0.39 is 0 Å². The van der Waals surface area contributed by atoms with Crippen molar-refractivity contribution in [1.29, 1.82) is 0 Å². The molecule has 1 aromatic heterocycles. The Bertz CT molecular complexity index is 457. The summed E-state index contributed by atoms with van der Waals surface area (Å²) in [6.07, 6.45) is 4.59. The van der Waals surface area contributed by atoms with Gasteiger partial charge in [0.05, 0.1) is 5.02 Å². The second-order valence-corrected chi connectivity index (χ2v) is 5.78. The van der Waals surface area contributed by atoms with Crippen LogP contribution in [0.15, 0.2) is 12.1 Å². The first-order chi connectivity index (χ1) is 9.11. The Kier molecular flexibility index (Phi) is 5.06. The van der Waals surface area contributed by atoms with Crippen LogP contribution < -0.4 is 0 Å². The van der Waals surface area contributed by atoms with Gasteiger partial charge < -0.3 is 4.90 Å². The second kappa shape index (κ2) is 6.58. The van der Waals surface area contributed by atoms with Crippen molar-refractivity contribution in [3.63, 3.8) is 0 Å². The molecule has 1 amide bonds. The lowest BCUT2D eigenvalue weighted by Gasteiger charge is -2.31. The molecule has 1 fully saturated rings. The topological polar surface area (TPSA) is 33.2 Å². The number of aromatic nitrogens is 1. The van der Waals surface area contributed by atoms with Crippen molar-refractivity contribution < 1.29 is 4.79 Å². The minimum absolute atomic E-state index is 0.109. The molecule has 0 aliphatic carbocycles. The van der Waals surface area contributed by atoms with Gasteiger partial charge in [-0.15, -0.1) is 0 Å². The van der Waals surface area contributed by atoms with Crippen LogP contribution in [-0.4, -0.2) is 28.9 Å². The third-order valence-corrected chi connectivity index (χ3v) is 4.13. The molecule has 0 radical (unpaired) electrons. The van der Waals surface area contributed by atoms with E-state index in [-0.39, 0.29) is 11.6 Å². The summed E-state index contributed by atoms with van der Waals surface area (Å²) >= 11 is 11.8. The summed E-state index contributed by atoms with van der Waals surface area (Å²) < 4.78 is 0. The molecule has 2 rings (SSSR count). The molecule has 5 heteroatoms. The van der Waals surface area contributed by atoms with E-state index in [1.807, 2.05) is 4.90 Å². The van der Waals surface area contributed by atoms with E-state index >= 15 is 0 Å². The normalized spacial score (nSPS) is 16.7. The third kappa shape index (κ3) is 3.61. The van der Waals surface area contributed by atoms with Gasteiger partial charge in [-0.3, -0.25) is 4.79 Å². The molecule has 0 spiro atoms. The number of halogens is 2. The highest BCUT2D eigenvalue weighted by molar-refractivity contribution is 6.34. The minimum atomic E-state index is -0.109. The molecule has 0 saturated carbocycles. The molecule has 2 heterocycles. The largest absolute Gasteiger partial charge is 0.337 e. The van der Waals surface area contributed by atoms with Crippen molar-refractivity contribution in [1.82, 2.24) is 9.88 Å². The molecule has 0 N–H and O–H groups in total. The summed E-state index contributed by atoms with van der Waals surface area (Å²) in [4.78, 5) is 18.2. The van der Waals surface area contributed by atoms with Crippen LogP contribution in [0.1, 0.15) is 43.1 Å². The lowest BCUT2D eigenvalue weighted by atomic mass is 9.92. The summed E-state index contributed by atoms with van der Waals surface area (Å²) in [7, 11) is 0. The molecule has 104 valence electrons. The molecule has 0 aromatic carbocycles. The van der Waals surface area contributed by atoms with Gasteiger partial charge in [0.1, 0.15) is 10.8 Å². The fourth-order valence-electron chi connectivity index (χ4n) is 2.55. The Hall–Kier alpha value is -0.800. The average molecular weight is 301 g/mol. The number of pyridine rings is 1. The van der Waals surface area contributed by atoms with Gasteiger partial charge in [-0.2, -0.15) is 0 Å². The lowest BCUT2D eigenvalue weighted by Crippen LogP contribution is -2.39. The molecule has 19 heavy (non-hydrogen) atoms. The number of carbonyl (C=O) groups excluding carboxylic acids is 1. The SMILES string of the molecule is CCCC1CCN(C(=O)c2nc(Cl)ccc2Cl)CC1. The molecule has 0 unspecified atom stereocenters. The van der Waals surface area contributed by atoms with Gasteiger partial charge in [0.15, 0.2) is 0 Å². The molecule has 1 aromatic rings. The highest BCUT2D eigenvalue weighted by Gasteiger charge is 2.25. The molecule has 0 atom stereocenters. The van der Waals surface area contributed by atoms with Gasteiger partial charge in [-0.25, -0.2) is 4.98 Å². The summed E-state index contributed by atoms with van der Waals surface area (Å²) in [6.45, 7) is 3.77. The van der Waals surface area contributed by atoms with Crippen LogP contribution in [0.5, 0.6) is 0 Å². The van der Waals surface area contributed by atoms with Crippen molar-refractivity contribution in [3.05, 3.63) is 28.0 Å². The maximum atomic E-state index is 12.4. The van der Waals surface area contributed by atoms with Crippen LogP contribution >= 0.6 is 23.2 Å². The molecule has 0 bridgehead atoms. The number of amides is 1. The van der Waals surface area contributed by atoms with E-state index in [4.69, 9.17) is 23.2 Å². The van der Waals surface area contributed by atoms with E-state index in [0.29, 0.717) is 10.2 Å². The number of nitrogens with zero attached hydrogens (tertiary/aromatic N) is 2. The van der Waals surface area contributed by atoms with Crippen LogP contribution in [0, 0.1) is 5.92 Å². The van der Waals surface area contributed by atoms with Gasteiger partial charge in [-0.1, -0.05) is 43.0 Å². The lowest BCUT2D eigenvalue weighted by molar-refractivity contribution is 0.0681. The average Bonchev–Trinajstić information content (AvgIpc) is 2.42. The van der Waals surface area contributed by atoms with Crippen molar-refractivity contribution >= 4 is 29.1 Å².